The maximum Gasteiger partial charge on any atom is 0.244 e. The number of sulfonamides is 1. The van der Waals surface area contributed by atoms with Crippen LogP contribution >= 0.6 is 0 Å². The van der Waals surface area contributed by atoms with Gasteiger partial charge in [0.15, 0.2) is 0 Å². The third-order valence-electron chi connectivity index (χ3n) is 5.01. The van der Waals surface area contributed by atoms with Gasteiger partial charge in [-0.3, -0.25) is 13.9 Å². The molecular formula is C23H30FN3O4S. The summed E-state index contributed by atoms with van der Waals surface area (Å²) in [5, 5.41) is 2.73. The Hall–Kier alpha value is -2.94. The first kappa shape index (κ1) is 25.3. The van der Waals surface area contributed by atoms with E-state index in [4.69, 9.17) is 0 Å². The molecule has 0 fully saturated rings. The van der Waals surface area contributed by atoms with Crippen molar-refractivity contribution in [2.24, 2.45) is 0 Å². The fourth-order valence-electron chi connectivity index (χ4n) is 3.35. The number of hydrogen-bond donors (Lipinski definition) is 1. The van der Waals surface area contributed by atoms with Crippen molar-refractivity contribution < 1.29 is 22.4 Å². The highest BCUT2D eigenvalue weighted by molar-refractivity contribution is 7.92. The molecule has 0 aromatic heterocycles. The highest BCUT2D eigenvalue weighted by atomic mass is 32.2. The van der Waals surface area contributed by atoms with Gasteiger partial charge in [-0.15, -0.1) is 0 Å². The SMILES string of the molecule is CCNC(=O)C(CC)N(Cc1ccc(C)cc1)C(=O)CN(c1ccccc1F)S(C)(=O)=O. The van der Waals surface area contributed by atoms with Gasteiger partial charge >= 0.3 is 0 Å². The Balaban J connectivity index is 2.43. The van der Waals surface area contributed by atoms with Crippen molar-refractivity contribution in [1.29, 1.82) is 0 Å². The van der Waals surface area contributed by atoms with Crippen molar-refractivity contribution in [3.63, 3.8) is 0 Å². The Bertz CT molecular complexity index is 1040. The zero-order chi connectivity index (χ0) is 23.9. The Kier molecular flexibility index (Phi) is 8.77. The summed E-state index contributed by atoms with van der Waals surface area (Å²) >= 11 is 0. The molecule has 0 aliphatic rings. The van der Waals surface area contributed by atoms with Crippen LogP contribution in [0.5, 0.6) is 0 Å². The second-order valence-corrected chi connectivity index (χ2v) is 9.45. The zero-order valence-corrected chi connectivity index (χ0v) is 19.7. The van der Waals surface area contributed by atoms with Crippen LogP contribution in [0.3, 0.4) is 0 Å². The van der Waals surface area contributed by atoms with E-state index in [2.05, 4.69) is 5.32 Å². The van der Waals surface area contributed by atoms with E-state index in [0.717, 1.165) is 27.8 Å². The van der Waals surface area contributed by atoms with Gasteiger partial charge in [0.25, 0.3) is 0 Å². The summed E-state index contributed by atoms with van der Waals surface area (Å²) < 4.78 is 39.9. The molecule has 0 bridgehead atoms. The molecule has 1 atom stereocenters. The number of halogens is 1. The second-order valence-electron chi connectivity index (χ2n) is 7.55. The smallest absolute Gasteiger partial charge is 0.244 e. The van der Waals surface area contributed by atoms with E-state index in [0.29, 0.717) is 13.0 Å². The molecule has 0 saturated heterocycles. The summed E-state index contributed by atoms with van der Waals surface area (Å²) in [7, 11) is -3.97. The molecule has 7 nitrogen and oxygen atoms in total. The molecule has 1 unspecified atom stereocenters. The molecule has 2 amide bonds. The van der Waals surface area contributed by atoms with E-state index >= 15 is 0 Å². The van der Waals surface area contributed by atoms with Crippen LogP contribution < -0.4 is 9.62 Å². The average Bonchev–Trinajstić information content (AvgIpc) is 2.73. The molecule has 0 saturated carbocycles. The normalized spacial score (nSPS) is 12.2. The number of para-hydroxylation sites is 1. The number of nitrogens with one attached hydrogen (secondary N) is 1. The molecular weight excluding hydrogens is 433 g/mol. The van der Waals surface area contributed by atoms with Crippen LogP contribution in [0.25, 0.3) is 0 Å². The Labute approximate surface area is 189 Å². The first-order chi connectivity index (χ1) is 15.1. The summed E-state index contributed by atoms with van der Waals surface area (Å²) in [6, 6.07) is 12.1. The number of hydrogen-bond acceptors (Lipinski definition) is 4. The largest absolute Gasteiger partial charge is 0.355 e. The molecule has 0 aliphatic carbocycles. The summed E-state index contributed by atoms with van der Waals surface area (Å²) in [6.07, 6.45) is 1.25. The van der Waals surface area contributed by atoms with E-state index < -0.39 is 34.3 Å². The van der Waals surface area contributed by atoms with Gasteiger partial charge in [-0.25, -0.2) is 12.8 Å². The lowest BCUT2D eigenvalue weighted by Crippen LogP contribution is -2.52. The molecule has 1 N–H and O–H groups in total. The number of anilines is 1. The summed E-state index contributed by atoms with van der Waals surface area (Å²) in [4.78, 5) is 27.4. The fraction of sp³-hybridized carbons (Fsp3) is 0.391. The molecule has 32 heavy (non-hydrogen) atoms. The number of rotatable bonds is 10. The number of carbonyl (C=O) groups excluding carboxylic acids is 2. The van der Waals surface area contributed by atoms with Crippen LogP contribution in [0.2, 0.25) is 0 Å². The van der Waals surface area contributed by atoms with Crippen molar-refractivity contribution in [2.75, 3.05) is 23.7 Å². The molecule has 0 spiro atoms. The molecule has 0 heterocycles. The lowest BCUT2D eigenvalue weighted by Gasteiger charge is -2.32. The predicted molar refractivity (Wildman–Crippen MR) is 123 cm³/mol. The minimum atomic E-state index is -3.97. The molecule has 2 rings (SSSR count). The number of likely N-dealkylation sites (N-methyl/N-ethyl adjacent to an activating group) is 1. The first-order valence-corrected chi connectivity index (χ1v) is 12.3. The van der Waals surface area contributed by atoms with Crippen molar-refractivity contribution in [2.45, 2.75) is 39.8 Å². The second kappa shape index (κ2) is 11.1. The monoisotopic (exact) mass is 463 g/mol. The van der Waals surface area contributed by atoms with Crippen molar-refractivity contribution in [1.82, 2.24) is 10.2 Å². The van der Waals surface area contributed by atoms with Crippen LogP contribution in [0, 0.1) is 12.7 Å². The highest BCUT2D eigenvalue weighted by Crippen LogP contribution is 2.22. The summed E-state index contributed by atoms with van der Waals surface area (Å²) in [6.45, 7) is 5.38. The zero-order valence-electron chi connectivity index (χ0n) is 18.8. The van der Waals surface area contributed by atoms with Crippen LogP contribution in [-0.4, -0.2) is 50.5 Å². The Morgan fingerprint density at radius 1 is 1.06 bits per heavy atom. The third kappa shape index (κ3) is 6.53. The third-order valence-corrected chi connectivity index (χ3v) is 6.14. The maximum atomic E-state index is 14.4. The first-order valence-electron chi connectivity index (χ1n) is 10.4. The minimum Gasteiger partial charge on any atom is -0.355 e. The van der Waals surface area contributed by atoms with Crippen molar-refractivity contribution >= 4 is 27.5 Å². The Morgan fingerprint density at radius 2 is 1.69 bits per heavy atom. The lowest BCUT2D eigenvalue weighted by atomic mass is 10.1. The number of aryl methyl sites for hydroxylation is 1. The number of benzene rings is 2. The maximum absolute atomic E-state index is 14.4. The average molecular weight is 464 g/mol. The summed E-state index contributed by atoms with van der Waals surface area (Å²) in [5.74, 6) is -1.68. The topological polar surface area (TPSA) is 86.8 Å². The van der Waals surface area contributed by atoms with E-state index in [1.54, 1.807) is 13.8 Å². The molecule has 0 radical (unpaired) electrons. The van der Waals surface area contributed by atoms with Gasteiger partial charge in [0.1, 0.15) is 18.4 Å². The Morgan fingerprint density at radius 3 is 2.22 bits per heavy atom. The highest BCUT2D eigenvalue weighted by Gasteiger charge is 2.32. The molecule has 0 aliphatic heterocycles. The van der Waals surface area contributed by atoms with Crippen LogP contribution in [0.4, 0.5) is 10.1 Å². The van der Waals surface area contributed by atoms with Crippen molar-refractivity contribution in [3.05, 3.63) is 65.5 Å². The van der Waals surface area contributed by atoms with Gasteiger partial charge in [-0.2, -0.15) is 0 Å². The molecule has 2 aromatic carbocycles. The molecule has 9 heteroatoms. The number of carbonyl (C=O) groups is 2. The van der Waals surface area contributed by atoms with Gasteiger partial charge < -0.3 is 10.2 Å². The standard InChI is InChI=1S/C23H30FN3O4S/c1-5-20(23(29)25-6-2)26(15-18-13-11-17(3)12-14-18)22(28)16-27(32(4,30)31)21-10-8-7-9-19(21)24/h7-14,20H,5-6,15-16H2,1-4H3,(H,25,29). The van der Waals surface area contributed by atoms with E-state index in [9.17, 15) is 22.4 Å². The number of amides is 2. The van der Waals surface area contributed by atoms with Gasteiger partial charge in [-0.05, 0) is 38.0 Å². The van der Waals surface area contributed by atoms with E-state index in [-0.39, 0.29) is 18.1 Å². The fourth-order valence-corrected chi connectivity index (χ4v) is 4.20. The van der Waals surface area contributed by atoms with Crippen LogP contribution in [0.15, 0.2) is 48.5 Å². The van der Waals surface area contributed by atoms with Crippen LogP contribution in [0.1, 0.15) is 31.4 Å². The minimum absolute atomic E-state index is 0.115. The van der Waals surface area contributed by atoms with Crippen LogP contribution in [-0.2, 0) is 26.2 Å². The lowest BCUT2D eigenvalue weighted by molar-refractivity contribution is -0.140. The predicted octanol–water partition coefficient (Wildman–Crippen LogP) is 2.84. The van der Waals surface area contributed by atoms with Gasteiger partial charge in [0, 0.05) is 13.1 Å². The van der Waals surface area contributed by atoms with Gasteiger partial charge in [0.05, 0.1) is 11.9 Å². The van der Waals surface area contributed by atoms with E-state index in [1.165, 1.54) is 23.1 Å². The summed E-state index contributed by atoms with van der Waals surface area (Å²) in [5.41, 5.74) is 1.62. The van der Waals surface area contributed by atoms with Crippen molar-refractivity contribution in [3.8, 4) is 0 Å². The van der Waals surface area contributed by atoms with E-state index in [1.807, 2.05) is 31.2 Å². The quantitative estimate of drug-likeness (QED) is 0.587. The molecule has 174 valence electrons. The van der Waals surface area contributed by atoms with Gasteiger partial charge in [0.2, 0.25) is 21.8 Å². The van der Waals surface area contributed by atoms with Gasteiger partial charge in [-0.1, -0.05) is 48.9 Å². The number of nitrogens with zero attached hydrogens (tertiary/aromatic N) is 2. The molecule has 2 aromatic rings.